The number of halogens is 2. The molecule has 0 bridgehead atoms. The van der Waals surface area contributed by atoms with Crippen LogP contribution in [0.1, 0.15) is 36.4 Å². The molecule has 0 unspecified atom stereocenters. The first-order valence-corrected chi connectivity index (χ1v) is 7.88. The lowest BCUT2D eigenvalue weighted by Crippen LogP contribution is -2.22. The van der Waals surface area contributed by atoms with Crippen LogP contribution in [0.5, 0.6) is 0 Å². The second-order valence-corrected chi connectivity index (χ2v) is 6.40. The molecule has 1 aromatic heterocycles. The molecule has 0 atom stereocenters. The fraction of sp³-hybridized carbons (Fsp3) is 0.438. The lowest BCUT2D eigenvalue weighted by Gasteiger charge is -2.11. The van der Waals surface area contributed by atoms with Crippen LogP contribution < -0.4 is 5.32 Å². The van der Waals surface area contributed by atoms with Crippen molar-refractivity contribution in [3.63, 3.8) is 0 Å². The Morgan fingerprint density at radius 3 is 2.62 bits per heavy atom. The minimum atomic E-state index is -0.188. The summed E-state index contributed by atoms with van der Waals surface area (Å²) in [5.74, 6) is -0.188. The standard InChI is InChI=1S/C16H21BrFN3/c1-10(2)19-8-13-5-6-15(18)14(7-13)9-21-12(4)16(17)11(3)20-21/h5-7,10,19H,8-9H2,1-4H3. The molecular formula is C16H21BrFN3. The van der Waals surface area contributed by atoms with Crippen LogP contribution in [0.2, 0.25) is 0 Å². The zero-order valence-electron chi connectivity index (χ0n) is 12.9. The van der Waals surface area contributed by atoms with Crippen LogP contribution in [0.25, 0.3) is 0 Å². The molecule has 2 aromatic rings. The Bertz CT molecular complexity index is 635. The van der Waals surface area contributed by atoms with Gasteiger partial charge in [0.25, 0.3) is 0 Å². The fourth-order valence-corrected chi connectivity index (χ4v) is 2.46. The number of rotatable bonds is 5. The first-order valence-electron chi connectivity index (χ1n) is 7.08. The van der Waals surface area contributed by atoms with Crippen molar-refractivity contribution in [1.29, 1.82) is 0 Å². The van der Waals surface area contributed by atoms with Gasteiger partial charge in [0.1, 0.15) is 5.82 Å². The van der Waals surface area contributed by atoms with Gasteiger partial charge in [-0.2, -0.15) is 5.10 Å². The molecule has 2 rings (SSSR count). The van der Waals surface area contributed by atoms with Crippen LogP contribution in [-0.2, 0) is 13.1 Å². The molecule has 1 heterocycles. The molecular weight excluding hydrogens is 333 g/mol. The van der Waals surface area contributed by atoms with Crippen molar-refractivity contribution in [1.82, 2.24) is 15.1 Å². The maximum absolute atomic E-state index is 14.0. The highest BCUT2D eigenvalue weighted by Gasteiger charge is 2.11. The Morgan fingerprint density at radius 1 is 1.33 bits per heavy atom. The molecule has 0 aliphatic rings. The molecule has 3 nitrogen and oxygen atoms in total. The van der Waals surface area contributed by atoms with Crippen LogP contribution in [0.15, 0.2) is 22.7 Å². The van der Waals surface area contributed by atoms with E-state index in [1.54, 1.807) is 0 Å². The predicted molar refractivity (Wildman–Crippen MR) is 86.9 cm³/mol. The van der Waals surface area contributed by atoms with E-state index in [0.29, 0.717) is 18.2 Å². The first-order chi connectivity index (χ1) is 9.88. The molecule has 0 fully saturated rings. The summed E-state index contributed by atoms with van der Waals surface area (Å²) in [6.45, 7) is 9.29. The van der Waals surface area contributed by atoms with Gasteiger partial charge in [-0.05, 0) is 47.5 Å². The minimum absolute atomic E-state index is 0.188. The van der Waals surface area contributed by atoms with Gasteiger partial charge in [0.05, 0.1) is 22.4 Å². The molecule has 0 saturated heterocycles. The highest BCUT2D eigenvalue weighted by molar-refractivity contribution is 9.10. The van der Waals surface area contributed by atoms with Crippen molar-refractivity contribution in [2.45, 2.75) is 46.8 Å². The number of nitrogens with one attached hydrogen (secondary N) is 1. The fourth-order valence-electron chi connectivity index (χ4n) is 2.17. The zero-order valence-corrected chi connectivity index (χ0v) is 14.5. The van der Waals surface area contributed by atoms with Crippen LogP contribution in [0.4, 0.5) is 4.39 Å². The van der Waals surface area contributed by atoms with Crippen molar-refractivity contribution in [2.75, 3.05) is 0 Å². The Morgan fingerprint density at radius 2 is 2.05 bits per heavy atom. The van der Waals surface area contributed by atoms with Gasteiger partial charge in [-0.25, -0.2) is 4.39 Å². The van der Waals surface area contributed by atoms with Gasteiger partial charge in [-0.3, -0.25) is 4.68 Å². The topological polar surface area (TPSA) is 29.9 Å². The molecule has 0 aliphatic carbocycles. The van der Waals surface area contributed by atoms with Crippen molar-refractivity contribution in [3.8, 4) is 0 Å². The lowest BCUT2D eigenvalue weighted by atomic mass is 10.1. The Hall–Kier alpha value is -1.20. The summed E-state index contributed by atoms with van der Waals surface area (Å²) in [5, 5.41) is 7.78. The molecule has 0 aliphatic heterocycles. The maximum Gasteiger partial charge on any atom is 0.128 e. The second kappa shape index (κ2) is 6.71. The van der Waals surface area contributed by atoms with Crippen molar-refractivity contribution < 1.29 is 4.39 Å². The number of nitrogens with zero attached hydrogens (tertiary/aromatic N) is 2. The van der Waals surface area contributed by atoms with Crippen molar-refractivity contribution >= 4 is 15.9 Å². The second-order valence-electron chi connectivity index (χ2n) is 5.60. The summed E-state index contributed by atoms with van der Waals surface area (Å²) in [5.41, 5.74) is 3.68. The van der Waals surface area contributed by atoms with Gasteiger partial charge in [0, 0.05) is 18.2 Å². The quantitative estimate of drug-likeness (QED) is 0.881. The molecule has 0 spiro atoms. The highest BCUT2D eigenvalue weighted by atomic mass is 79.9. The van der Waals surface area contributed by atoms with Gasteiger partial charge >= 0.3 is 0 Å². The zero-order chi connectivity index (χ0) is 15.6. The smallest absolute Gasteiger partial charge is 0.128 e. The van der Waals surface area contributed by atoms with E-state index in [2.05, 4.69) is 40.2 Å². The van der Waals surface area contributed by atoms with E-state index < -0.39 is 0 Å². The summed E-state index contributed by atoms with van der Waals surface area (Å²) in [6, 6.07) is 5.68. The van der Waals surface area contributed by atoms with Gasteiger partial charge in [0.2, 0.25) is 0 Å². The summed E-state index contributed by atoms with van der Waals surface area (Å²) in [6.07, 6.45) is 0. The number of hydrogen-bond acceptors (Lipinski definition) is 2. The third-order valence-corrected chi connectivity index (χ3v) is 4.59. The Labute approximate surface area is 133 Å². The third-order valence-electron chi connectivity index (χ3n) is 3.44. The van der Waals surface area contributed by atoms with Crippen LogP contribution >= 0.6 is 15.9 Å². The van der Waals surface area contributed by atoms with E-state index in [1.807, 2.05) is 30.7 Å². The monoisotopic (exact) mass is 353 g/mol. The van der Waals surface area contributed by atoms with Crippen molar-refractivity contribution in [2.24, 2.45) is 0 Å². The van der Waals surface area contributed by atoms with Crippen LogP contribution in [-0.4, -0.2) is 15.8 Å². The van der Waals surface area contributed by atoms with Gasteiger partial charge in [-0.15, -0.1) is 0 Å². The largest absolute Gasteiger partial charge is 0.310 e. The molecule has 0 saturated carbocycles. The summed E-state index contributed by atoms with van der Waals surface area (Å²) >= 11 is 3.50. The number of aromatic nitrogens is 2. The van der Waals surface area contributed by atoms with Crippen LogP contribution in [0.3, 0.4) is 0 Å². The van der Waals surface area contributed by atoms with Gasteiger partial charge < -0.3 is 5.32 Å². The van der Waals surface area contributed by atoms with E-state index in [0.717, 1.165) is 28.0 Å². The molecule has 1 N–H and O–H groups in total. The van der Waals surface area contributed by atoms with E-state index in [4.69, 9.17) is 0 Å². The van der Waals surface area contributed by atoms with E-state index >= 15 is 0 Å². The Kier molecular flexibility index (Phi) is 5.17. The normalized spacial score (nSPS) is 11.4. The van der Waals surface area contributed by atoms with E-state index in [9.17, 15) is 4.39 Å². The SMILES string of the molecule is Cc1nn(Cc2cc(CNC(C)C)ccc2F)c(C)c1Br. The predicted octanol–water partition coefficient (Wildman–Crippen LogP) is 3.95. The highest BCUT2D eigenvalue weighted by Crippen LogP contribution is 2.21. The number of aryl methyl sites for hydroxylation is 1. The molecule has 0 radical (unpaired) electrons. The van der Waals surface area contributed by atoms with Crippen LogP contribution in [0, 0.1) is 19.7 Å². The van der Waals surface area contributed by atoms with Crippen molar-refractivity contribution in [3.05, 3.63) is 51.0 Å². The third kappa shape index (κ3) is 3.92. The number of hydrogen-bond donors (Lipinski definition) is 1. The molecule has 1 aromatic carbocycles. The molecule has 0 amide bonds. The minimum Gasteiger partial charge on any atom is -0.310 e. The number of benzene rings is 1. The molecule has 114 valence electrons. The molecule has 21 heavy (non-hydrogen) atoms. The Balaban J connectivity index is 2.22. The molecule has 5 heteroatoms. The summed E-state index contributed by atoms with van der Waals surface area (Å²) < 4.78 is 16.8. The van der Waals surface area contributed by atoms with Gasteiger partial charge in [-0.1, -0.05) is 19.9 Å². The lowest BCUT2D eigenvalue weighted by molar-refractivity contribution is 0.569. The summed E-state index contributed by atoms with van der Waals surface area (Å²) in [7, 11) is 0. The first kappa shape index (κ1) is 16.2. The van der Waals surface area contributed by atoms with Gasteiger partial charge in [0.15, 0.2) is 0 Å². The maximum atomic E-state index is 14.0. The van der Waals surface area contributed by atoms with E-state index in [-0.39, 0.29) is 5.82 Å². The average Bonchev–Trinajstić information content (AvgIpc) is 2.67. The van der Waals surface area contributed by atoms with E-state index in [1.165, 1.54) is 6.07 Å². The average molecular weight is 354 g/mol. The summed E-state index contributed by atoms with van der Waals surface area (Å²) in [4.78, 5) is 0.